The van der Waals surface area contributed by atoms with Crippen molar-refractivity contribution in [3.63, 3.8) is 0 Å². The molecule has 140 valence electrons. The highest BCUT2D eigenvalue weighted by atomic mass is 16.2. The van der Waals surface area contributed by atoms with E-state index in [0.717, 1.165) is 43.6 Å². The highest BCUT2D eigenvalue weighted by Crippen LogP contribution is 2.28. The van der Waals surface area contributed by atoms with Crippen molar-refractivity contribution in [3.05, 3.63) is 60.0 Å². The van der Waals surface area contributed by atoms with E-state index >= 15 is 0 Å². The van der Waals surface area contributed by atoms with Gasteiger partial charge in [0, 0.05) is 55.8 Å². The molecule has 0 aliphatic carbocycles. The van der Waals surface area contributed by atoms with Gasteiger partial charge in [-0.1, -0.05) is 37.3 Å². The average Bonchev–Trinajstić information content (AvgIpc) is 3.26. The first-order valence-electron chi connectivity index (χ1n) is 9.57. The summed E-state index contributed by atoms with van der Waals surface area (Å²) >= 11 is 0. The highest BCUT2D eigenvalue weighted by Gasteiger charge is 2.28. The molecule has 1 unspecified atom stereocenters. The third-order valence-electron chi connectivity index (χ3n) is 5.40. The topological polar surface area (TPSA) is 56.0 Å². The Morgan fingerprint density at radius 3 is 2.63 bits per heavy atom. The molecule has 3 heterocycles. The number of amides is 1. The van der Waals surface area contributed by atoms with Gasteiger partial charge in [-0.25, -0.2) is 0 Å². The van der Waals surface area contributed by atoms with Gasteiger partial charge in [-0.15, -0.1) is 0 Å². The summed E-state index contributed by atoms with van der Waals surface area (Å²) in [6, 6.07) is 11.9. The van der Waals surface area contributed by atoms with E-state index < -0.39 is 0 Å². The monoisotopic (exact) mass is 363 g/mol. The van der Waals surface area contributed by atoms with E-state index in [1.165, 1.54) is 11.3 Å². The largest absolute Gasteiger partial charge is 0.340 e. The molecular formula is C21H25N5O. The lowest BCUT2D eigenvalue weighted by atomic mass is 10.0. The summed E-state index contributed by atoms with van der Waals surface area (Å²) in [6.45, 7) is 3.47. The Kier molecular flexibility index (Phi) is 4.79. The van der Waals surface area contributed by atoms with E-state index in [1.807, 2.05) is 54.0 Å². The molecule has 1 amide bonds. The number of carbonyl (C=O) groups excluding carboxylic acids is 1. The van der Waals surface area contributed by atoms with Crippen LogP contribution in [0, 0.1) is 0 Å². The predicted octanol–water partition coefficient (Wildman–Crippen LogP) is 2.86. The molecule has 2 aromatic heterocycles. The number of nitrogens with zero attached hydrogens (tertiary/aromatic N) is 5. The first kappa shape index (κ1) is 17.5. The third kappa shape index (κ3) is 3.27. The van der Waals surface area contributed by atoms with Gasteiger partial charge in [0.2, 0.25) is 5.91 Å². The fraction of sp³-hybridized carbons (Fsp3) is 0.381. The van der Waals surface area contributed by atoms with Crippen molar-refractivity contribution in [2.75, 3.05) is 13.1 Å². The molecule has 1 aromatic carbocycles. The Morgan fingerprint density at radius 2 is 1.93 bits per heavy atom. The van der Waals surface area contributed by atoms with Crippen LogP contribution in [0.5, 0.6) is 0 Å². The van der Waals surface area contributed by atoms with E-state index in [9.17, 15) is 4.79 Å². The van der Waals surface area contributed by atoms with Gasteiger partial charge in [0.15, 0.2) is 0 Å². The van der Waals surface area contributed by atoms with Crippen molar-refractivity contribution in [1.29, 1.82) is 0 Å². The van der Waals surface area contributed by atoms with Gasteiger partial charge in [-0.3, -0.25) is 14.2 Å². The maximum Gasteiger partial charge on any atom is 0.247 e. The molecule has 0 bridgehead atoms. The van der Waals surface area contributed by atoms with Crippen LogP contribution in [0.1, 0.15) is 30.6 Å². The summed E-state index contributed by atoms with van der Waals surface area (Å²) in [5.74, 6) is 0.156. The average molecular weight is 363 g/mol. The summed E-state index contributed by atoms with van der Waals surface area (Å²) in [4.78, 5) is 15.1. The minimum atomic E-state index is -0.229. The zero-order valence-electron chi connectivity index (χ0n) is 15.9. The highest BCUT2D eigenvalue weighted by molar-refractivity contribution is 5.80. The normalized spacial score (nSPS) is 15.3. The van der Waals surface area contributed by atoms with Crippen LogP contribution in [0.25, 0.3) is 11.3 Å². The van der Waals surface area contributed by atoms with Crippen molar-refractivity contribution >= 4 is 5.91 Å². The number of benzene rings is 1. The summed E-state index contributed by atoms with van der Waals surface area (Å²) in [6.07, 6.45) is 5.99. The van der Waals surface area contributed by atoms with Gasteiger partial charge in [0.25, 0.3) is 0 Å². The molecule has 0 saturated carbocycles. The van der Waals surface area contributed by atoms with Crippen molar-refractivity contribution in [3.8, 4) is 11.3 Å². The number of hydrogen-bond acceptors (Lipinski definition) is 3. The SMILES string of the molecule is CCC(C(=O)N1CCc2c(-c3ccccc3)nn(C)c2CC1)n1cccn1. The molecule has 6 heteroatoms. The quantitative estimate of drug-likeness (QED) is 0.716. The molecule has 0 spiro atoms. The molecule has 1 aliphatic heterocycles. The summed E-state index contributed by atoms with van der Waals surface area (Å²) in [7, 11) is 2.00. The van der Waals surface area contributed by atoms with Crippen LogP contribution in [0.4, 0.5) is 0 Å². The standard InChI is InChI=1S/C21H25N5O/c1-3-18(26-13-7-12-22-26)21(27)25-14-10-17-19(11-15-25)24(2)23-20(17)16-8-5-4-6-9-16/h4-9,12-13,18H,3,10-11,14-15H2,1-2H3. The fourth-order valence-corrected chi connectivity index (χ4v) is 3.98. The molecule has 0 saturated heterocycles. The Labute approximate surface area is 159 Å². The first-order chi connectivity index (χ1) is 13.2. The summed E-state index contributed by atoms with van der Waals surface area (Å²) in [5.41, 5.74) is 4.68. The van der Waals surface area contributed by atoms with Crippen LogP contribution in [0.15, 0.2) is 48.8 Å². The molecule has 0 fully saturated rings. The van der Waals surface area contributed by atoms with E-state index in [2.05, 4.69) is 17.2 Å². The summed E-state index contributed by atoms with van der Waals surface area (Å²) in [5, 5.41) is 9.04. The van der Waals surface area contributed by atoms with E-state index in [0.29, 0.717) is 0 Å². The second kappa shape index (κ2) is 7.39. The lowest BCUT2D eigenvalue weighted by Gasteiger charge is -2.25. The van der Waals surface area contributed by atoms with Gasteiger partial charge in [0.1, 0.15) is 6.04 Å². The van der Waals surface area contributed by atoms with Crippen molar-refractivity contribution in [2.45, 2.75) is 32.2 Å². The van der Waals surface area contributed by atoms with Gasteiger partial charge in [-0.05, 0) is 18.9 Å². The molecule has 6 nitrogen and oxygen atoms in total. The van der Waals surface area contributed by atoms with Crippen molar-refractivity contribution in [2.24, 2.45) is 7.05 Å². The molecule has 0 N–H and O–H groups in total. The smallest absolute Gasteiger partial charge is 0.247 e. The van der Waals surface area contributed by atoms with E-state index in [4.69, 9.17) is 5.10 Å². The maximum atomic E-state index is 13.1. The Bertz CT molecular complexity index is 914. The van der Waals surface area contributed by atoms with Crippen LogP contribution >= 0.6 is 0 Å². The minimum Gasteiger partial charge on any atom is -0.340 e. The number of aryl methyl sites for hydroxylation is 1. The zero-order valence-corrected chi connectivity index (χ0v) is 15.9. The lowest BCUT2D eigenvalue weighted by molar-refractivity contribution is -0.135. The van der Waals surface area contributed by atoms with Crippen LogP contribution in [-0.4, -0.2) is 43.5 Å². The molecule has 1 aliphatic rings. The number of rotatable bonds is 4. The second-order valence-corrected chi connectivity index (χ2v) is 7.00. The van der Waals surface area contributed by atoms with Crippen LogP contribution in [0.2, 0.25) is 0 Å². The molecule has 4 rings (SSSR count). The Morgan fingerprint density at radius 1 is 1.15 bits per heavy atom. The van der Waals surface area contributed by atoms with Gasteiger partial charge in [0.05, 0.1) is 5.69 Å². The number of hydrogen-bond donors (Lipinski definition) is 0. The summed E-state index contributed by atoms with van der Waals surface area (Å²) < 4.78 is 3.76. The molecule has 0 radical (unpaired) electrons. The minimum absolute atomic E-state index is 0.156. The predicted molar refractivity (Wildman–Crippen MR) is 104 cm³/mol. The van der Waals surface area contributed by atoms with E-state index in [1.54, 1.807) is 10.9 Å². The third-order valence-corrected chi connectivity index (χ3v) is 5.40. The molecular weight excluding hydrogens is 338 g/mol. The Hall–Kier alpha value is -2.89. The van der Waals surface area contributed by atoms with Gasteiger partial charge in [-0.2, -0.15) is 10.2 Å². The molecule has 27 heavy (non-hydrogen) atoms. The molecule has 1 atom stereocenters. The van der Waals surface area contributed by atoms with Crippen LogP contribution < -0.4 is 0 Å². The Balaban J connectivity index is 1.58. The van der Waals surface area contributed by atoms with Gasteiger partial charge >= 0.3 is 0 Å². The maximum absolute atomic E-state index is 13.1. The van der Waals surface area contributed by atoms with Crippen LogP contribution in [0.3, 0.4) is 0 Å². The number of fused-ring (bicyclic) bond motifs is 1. The van der Waals surface area contributed by atoms with Crippen LogP contribution in [-0.2, 0) is 24.7 Å². The first-order valence-corrected chi connectivity index (χ1v) is 9.57. The van der Waals surface area contributed by atoms with Crippen molar-refractivity contribution < 1.29 is 4.79 Å². The van der Waals surface area contributed by atoms with Crippen molar-refractivity contribution in [1.82, 2.24) is 24.5 Å². The van der Waals surface area contributed by atoms with E-state index in [-0.39, 0.29) is 11.9 Å². The van der Waals surface area contributed by atoms with Gasteiger partial charge < -0.3 is 4.90 Å². The second-order valence-electron chi connectivity index (χ2n) is 7.00. The number of aromatic nitrogens is 4. The zero-order chi connectivity index (χ0) is 18.8. The fourth-order valence-electron chi connectivity index (χ4n) is 3.98. The molecule has 3 aromatic rings. The number of carbonyl (C=O) groups is 1. The lowest BCUT2D eigenvalue weighted by Crippen LogP contribution is -2.39.